The molecule has 74 valence electrons. The molecule has 1 atom stereocenters. The fourth-order valence-corrected chi connectivity index (χ4v) is 1.62. The van der Waals surface area contributed by atoms with Crippen LogP contribution in [0.15, 0.2) is 12.4 Å². The molecule has 5 heteroatoms. The number of anilines is 1. The molecule has 0 fully saturated rings. The minimum Gasteiger partial charge on any atom is -0.367 e. The largest absolute Gasteiger partial charge is 0.367 e. The first-order valence-corrected chi connectivity index (χ1v) is 5.63. The first kappa shape index (κ1) is 10.8. The topological polar surface area (TPSA) is 61.6 Å². The van der Waals surface area contributed by atoms with E-state index >= 15 is 0 Å². The van der Waals surface area contributed by atoms with E-state index in [0.717, 1.165) is 5.75 Å². The maximum absolute atomic E-state index is 8.63. The van der Waals surface area contributed by atoms with Crippen molar-refractivity contribution in [3.63, 3.8) is 0 Å². The lowest BCUT2D eigenvalue weighted by atomic mass is 10.3. The highest BCUT2D eigenvalue weighted by molar-refractivity contribution is 7.98. The van der Waals surface area contributed by atoms with Gasteiger partial charge in [0.1, 0.15) is 23.9 Å². The molecule has 1 unspecified atom stereocenters. The van der Waals surface area contributed by atoms with Gasteiger partial charge in [-0.1, -0.05) is 0 Å². The molecular weight excluding hydrogens is 196 g/mol. The van der Waals surface area contributed by atoms with Crippen LogP contribution >= 0.6 is 11.8 Å². The van der Waals surface area contributed by atoms with Crippen LogP contribution in [-0.2, 0) is 0 Å². The van der Waals surface area contributed by atoms with E-state index in [0.29, 0.717) is 17.6 Å². The summed E-state index contributed by atoms with van der Waals surface area (Å²) in [6.07, 6.45) is 3.45. The van der Waals surface area contributed by atoms with Gasteiger partial charge in [-0.3, -0.25) is 0 Å². The number of aromatic nitrogens is 2. The van der Waals surface area contributed by atoms with Crippen molar-refractivity contribution in [2.45, 2.75) is 13.0 Å². The smallest absolute Gasteiger partial charge is 0.145 e. The van der Waals surface area contributed by atoms with Gasteiger partial charge in [-0.2, -0.15) is 17.0 Å². The number of nitrogens with zero attached hydrogens (tertiary/aromatic N) is 3. The van der Waals surface area contributed by atoms with Crippen molar-refractivity contribution in [3.05, 3.63) is 18.1 Å². The lowest BCUT2D eigenvalue weighted by Crippen LogP contribution is -2.18. The first-order chi connectivity index (χ1) is 6.76. The molecule has 0 radical (unpaired) electrons. The molecular formula is C9H12N4S. The Labute approximate surface area is 87.8 Å². The molecule has 14 heavy (non-hydrogen) atoms. The lowest BCUT2D eigenvalue weighted by Gasteiger charge is -2.12. The van der Waals surface area contributed by atoms with Crippen LogP contribution in [0.25, 0.3) is 0 Å². The summed E-state index contributed by atoms with van der Waals surface area (Å²) in [5, 5.41) is 11.8. The van der Waals surface area contributed by atoms with Gasteiger partial charge >= 0.3 is 0 Å². The van der Waals surface area contributed by atoms with E-state index in [2.05, 4.69) is 28.5 Å². The van der Waals surface area contributed by atoms with Gasteiger partial charge in [0.2, 0.25) is 0 Å². The predicted octanol–water partition coefficient (Wildman–Crippen LogP) is 1.51. The van der Waals surface area contributed by atoms with Gasteiger partial charge in [-0.15, -0.1) is 0 Å². The van der Waals surface area contributed by atoms with Crippen molar-refractivity contribution >= 4 is 17.6 Å². The number of hydrogen-bond donors (Lipinski definition) is 1. The van der Waals surface area contributed by atoms with Crippen molar-refractivity contribution in [1.29, 1.82) is 5.26 Å². The second-order valence-electron chi connectivity index (χ2n) is 2.90. The molecule has 0 aliphatic rings. The van der Waals surface area contributed by atoms with Crippen LogP contribution < -0.4 is 5.32 Å². The molecule has 0 amide bonds. The van der Waals surface area contributed by atoms with Crippen molar-refractivity contribution in [1.82, 2.24) is 9.97 Å². The van der Waals surface area contributed by atoms with E-state index < -0.39 is 0 Å². The summed E-state index contributed by atoms with van der Waals surface area (Å²) in [4.78, 5) is 7.82. The highest BCUT2D eigenvalue weighted by Gasteiger charge is 2.02. The van der Waals surface area contributed by atoms with Gasteiger partial charge in [0.15, 0.2) is 0 Å². The van der Waals surface area contributed by atoms with Crippen LogP contribution in [0.3, 0.4) is 0 Å². The Morgan fingerprint density at radius 3 is 3.07 bits per heavy atom. The summed E-state index contributed by atoms with van der Waals surface area (Å²) in [6.45, 7) is 2.07. The Morgan fingerprint density at radius 2 is 2.43 bits per heavy atom. The maximum Gasteiger partial charge on any atom is 0.145 e. The second kappa shape index (κ2) is 5.45. The zero-order valence-electron chi connectivity index (χ0n) is 8.19. The molecule has 1 rings (SSSR count). The fraction of sp³-hybridized carbons (Fsp3) is 0.444. The minimum atomic E-state index is 0.339. The Morgan fingerprint density at radius 1 is 1.64 bits per heavy atom. The lowest BCUT2D eigenvalue weighted by molar-refractivity contribution is 0.899. The molecule has 4 nitrogen and oxygen atoms in total. The van der Waals surface area contributed by atoms with Gasteiger partial charge in [0.05, 0.1) is 0 Å². The average Bonchev–Trinajstić information content (AvgIpc) is 2.18. The third-order valence-corrected chi connectivity index (χ3v) is 2.43. The number of nitrogens with one attached hydrogen (secondary N) is 1. The molecule has 0 aliphatic carbocycles. The molecule has 1 N–H and O–H groups in total. The van der Waals surface area contributed by atoms with E-state index in [-0.39, 0.29) is 0 Å². The second-order valence-corrected chi connectivity index (χ2v) is 3.81. The summed E-state index contributed by atoms with van der Waals surface area (Å²) in [7, 11) is 0. The Bertz CT molecular complexity index is 334. The van der Waals surface area contributed by atoms with Gasteiger partial charge in [-0.25, -0.2) is 9.97 Å². The Balaban J connectivity index is 2.63. The minimum absolute atomic E-state index is 0.339. The zero-order valence-corrected chi connectivity index (χ0v) is 9.01. The predicted molar refractivity (Wildman–Crippen MR) is 58.2 cm³/mol. The van der Waals surface area contributed by atoms with Gasteiger partial charge < -0.3 is 5.32 Å². The molecule has 0 spiro atoms. The number of rotatable bonds is 4. The highest BCUT2D eigenvalue weighted by Crippen LogP contribution is 2.07. The van der Waals surface area contributed by atoms with Crippen LogP contribution in [0.5, 0.6) is 0 Å². The summed E-state index contributed by atoms with van der Waals surface area (Å²) in [5.41, 5.74) is 0.388. The van der Waals surface area contributed by atoms with E-state index in [1.165, 1.54) is 6.33 Å². The van der Waals surface area contributed by atoms with E-state index in [1.807, 2.05) is 6.07 Å². The van der Waals surface area contributed by atoms with Crippen LogP contribution in [0.1, 0.15) is 12.6 Å². The van der Waals surface area contributed by atoms with Crippen molar-refractivity contribution in [3.8, 4) is 6.07 Å². The standard InChI is InChI=1S/C9H12N4S/c1-7(5-14-2)13-9-3-8(4-10)11-6-12-9/h3,6-7H,5H2,1-2H3,(H,11,12,13). The zero-order chi connectivity index (χ0) is 10.4. The van der Waals surface area contributed by atoms with Gasteiger partial charge in [0, 0.05) is 17.9 Å². The summed E-state index contributed by atoms with van der Waals surface area (Å²) < 4.78 is 0. The maximum atomic E-state index is 8.63. The summed E-state index contributed by atoms with van der Waals surface area (Å²) >= 11 is 1.77. The van der Waals surface area contributed by atoms with Crippen molar-refractivity contribution < 1.29 is 0 Å². The molecule has 0 aliphatic heterocycles. The number of nitriles is 1. The number of hydrogen-bond acceptors (Lipinski definition) is 5. The molecule has 0 saturated heterocycles. The van der Waals surface area contributed by atoms with Crippen LogP contribution in [0, 0.1) is 11.3 Å². The average molecular weight is 208 g/mol. The van der Waals surface area contributed by atoms with Crippen molar-refractivity contribution in [2.24, 2.45) is 0 Å². The summed E-state index contributed by atoms with van der Waals surface area (Å²) in [6, 6.07) is 3.97. The normalized spacial score (nSPS) is 11.8. The van der Waals surface area contributed by atoms with E-state index in [1.54, 1.807) is 17.8 Å². The van der Waals surface area contributed by atoms with Crippen LogP contribution in [0.2, 0.25) is 0 Å². The SMILES string of the molecule is CSCC(C)Nc1cc(C#N)ncn1. The Hall–Kier alpha value is -1.28. The van der Waals surface area contributed by atoms with Gasteiger partial charge in [-0.05, 0) is 13.2 Å². The van der Waals surface area contributed by atoms with Gasteiger partial charge in [0.25, 0.3) is 0 Å². The van der Waals surface area contributed by atoms with Crippen LogP contribution in [-0.4, -0.2) is 28.0 Å². The van der Waals surface area contributed by atoms with Crippen molar-refractivity contribution in [2.75, 3.05) is 17.3 Å². The third kappa shape index (κ3) is 3.23. The molecule has 0 aromatic carbocycles. The Kier molecular flexibility index (Phi) is 4.20. The monoisotopic (exact) mass is 208 g/mol. The number of thioether (sulfide) groups is 1. The first-order valence-electron chi connectivity index (χ1n) is 4.24. The van der Waals surface area contributed by atoms with Crippen LogP contribution in [0.4, 0.5) is 5.82 Å². The fourth-order valence-electron chi connectivity index (χ4n) is 1.04. The molecule has 1 aromatic heterocycles. The quantitative estimate of drug-likeness (QED) is 0.812. The summed E-state index contributed by atoms with van der Waals surface area (Å²) in [5.74, 6) is 1.71. The molecule has 0 saturated carbocycles. The molecule has 1 heterocycles. The molecule has 1 aromatic rings. The third-order valence-electron chi connectivity index (χ3n) is 1.59. The van der Waals surface area contributed by atoms with E-state index in [9.17, 15) is 0 Å². The van der Waals surface area contributed by atoms with E-state index in [4.69, 9.17) is 5.26 Å². The highest BCUT2D eigenvalue weighted by atomic mass is 32.2. The molecule has 0 bridgehead atoms.